The Hall–Kier alpha value is -2.78. The molecule has 1 aromatic heterocycles. The Morgan fingerprint density at radius 3 is 2.65 bits per heavy atom. The van der Waals surface area contributed by atoms with Gasteiger partial charge in [0.25, 0.3) is 0 Å². The molecule has 112 valence electrons. The van der Waals surface area contributed by atoms with E-state index in [0.29, 0.717) is 17.3 Å². The molecule has 0 saturated heterocycles. The Labute approximate surface area is 141 Å². The van der Waals surface area contributed by atoms with Crippen LogP contribution in [0.4, 0.5) is 5.95 Å². The normalized spacial score (nSPS) is 16.8. The van der Waals surface area contributed by atoms with E-state index in [0.717, 1.165) is 21.1 Å². The fraction of sp³-hybridized carbons (Fsp3) is 0.0588. The Bertz CT molecular complexity index is 978. The third-order valence-corrected chi connectivity index (χ3v) is 4.49. The van der Waals surface area contributed by atoms with Crippen LogP contribution >= 0.6 is 15.9 Å². The van der Waals surface area contributed by atoms with Crippen LogP contribution in [0.3, 0.4) is 0 Å². The van der Waals surface area contributed by atoms with Crippen molar-refractivity contribution in [1.29, 1.82) is 5.26 Å². The first-order valence-electron chi connectivity index (χ1n) is 7.08. The van der Waals surface area contributed by atoms with Crippen molar-refractivity contribution in [2.45, 2.75) is 6.04 Å². The van der Waals surface area contributed by atoms with Crippen LogP contribution in [-0.4, -0.2) is 9.55 Å². The van der Waals surface area contributed by atoms with Crippen molar-refractivity contribution in [2.75, 3.05) is 5.32 Å². The standard InChI is InChI=1S/C17H12BrN5/c18-11-7-5-10(6-8-11)15-12(9-19)16(20)23-14-4-2-1-3-13(14)21-17(23)22-15/h1-8,15H,20H2,(H,21,22). The molecule has 0 aliphatic carbocycles. The summed E-state index contributed by atoms with van der Waals surface area (Å²) in [6.07, 6.45) is 0. The number of nitrogens with one attached hydrogen (secondary N) is 1. The molecule has 1 atom stereocenters. The molecule has 1 unspecified atom stereocenters. The molecular formula is C17H12BrN5. The molecule has 3 aromatic rings. The minimum Gasteiger partial charge on any atom is -0.384 e. The number of halogens is 1. The van der Waals surface area contributed by atoms with Gasteiger partial charge in [-0.25, -0.2) is 4.98 Å². The average molecular weight is 366 g/mol. The first-order chi connectivity index (χ1) is 11.2. The maximum atomic E-state index is 9.61. The molecule has 23 heavy (non-hydrogen) atoms. The number of hydrogen-bond donors (Lipinski definition) is 2. The first-order valence-corrected chi connectivity index (χ1v) is 7.88. The number of anilines is 1. The SMILES string of the molecule is N#CC1=C(N)n2c(nc3ccccc32)NC1c1ccc(Br)cc1. The Morgan fingerprint density at radius 1 is 1.17 bits per heavy atom. The van der Waals surface area contributed by atoms with Gasteiger partial charge in [-0.1, -0.05) is 40.2 Å². The summed E-state index contributed by atoms with van der Waals surface area (Å²) in [6.45, 7) is 0. The van der Waals surface area contributed by atoms with Crippen LogP contribution in [0.5, 0.6) is 0 Å². The number of hydrogen-bond acceptors (Lipinski definition) is 4. The van der Waals surface area contributed by atoms with Gasteiger partial charge in [-0.3, -0.25) is 4.57 Å². The van der Waals surface area contributed by atoms with E-state index >= 15 is 0 Å². The first kappa shape index (κ1) is 13.9. The largest absolute Gasteiger partial charge is 0.384 e. The highest BCUT2D eigenvalue weighted by Gasteiger charge is 2.29. The zero-order valence-electron chi connectivity index (χ0n) is 12.0. The topological polar surface area (TPSA) is 79.7 Å². The summed E-state index contributed by atoms with van der Waals surface area (Å²) in [7, 11) is 0. The molecule has 0 fully saturated rings. The second-order valence-corrected chi connectivity index (χ2v) is 6.21. The molecular weight excluding hydrogens is 354 g/mol. The summed E-state index contributed by atoms with van der Waals surface area (Å²) >= 11 is 3.42. The van der Waals surface area contributed by atoms with Crippen LogP contribution in [-0.2, 0) is 0 Å². The predicted octanol–water partition coefficient (Wildman–Crippen LogP) is 3.62. The van der Waals surface area contributed by atoms with Crippen LogP contribution in [0.1, 0.15) is 11.6 Å². The minimum absolute atomic E-state index is 0.308. The Morgan fingerprint density at radius 2 is 1.91 bits per heavy atom. The monoisotopic (exact) mass is 365 g/mol. The number of nitriles is 1. The summed E-state index contributed by atoms with van der Waals surface area (Å²) in [4.78, 5) is 4.58. The lowest BCUT2D eigenvalue weighted by Crippen LogP contribution is -2.26. The maximum Gasteiger partial charge on any atom is 0.210 e. The lowest BCUT2D eigenvalue weighted by molar-refractivity contribution is 0.857. The van der Waals surface area contributed by atoms with Gasteiger partial charge >= 0.3 is 0 Å². The number of para-hydroxylation sites is 2. The molecule has 0 spiro atoms. The number of benzene rings is 2. The zero-order chi connectivity index (χ0) is 16.0. The fourth-order valence-electron chi connectivity index (χ4n) is 2.86. The van der Waals surface area contributed by atoms with Crippen LogP contribution in [0, 0.1) is 11.3 Å². The average Bonchev–Trinajstić information content (AvgIpc) is 2.94. The molecule has 2 aromatic carbocycles. The van der Waals surface area contributed by atoms with E-state index in [1.54, 1.807) is 4.57 Å². The summed E-state index contributed by atoms with van der Waals surface area (Å²) in [5.74, 6) is 1.07. The highest BCUT2D eigenvalue weighted by Crippen LogP contribution is 2.36. The summed E-state index contributed by atoms with van der Waals surface area (Å²) < 4.78 is 2.78. The molecule has 1 aliphatic rings. The number of nitrogens with two attached hydrogens (primary N) is 1. The molecule has 0 radical (unpaired) electrons. The lowest BCUT2D eigenvalue weighted by atomic mass is 9.98. The number of aromatic nitrogens is 2. The van der Waals surface area contributed by atoms with Gasteiger partial charge in [0, 0.05) is 4.47 Å². The van der Waals surface area contributed by atoms with Crippen LogP contribution in [0.25, 0.3) is 16.9 Å². The number of fused-ring (bicyclic) bond motifs is 3. The Kier molecular flexibility index (Phi) is 3.10. The predicted molar refractivity (Wildman–Crippen MR) is 93.3 cm³/mol. The highest BCUT2D eigenvalue weighted by molar-refractivity contribution is 9.10. The molecule has 0 amide bonds. The van der Waals surface area contributed by atoms with Gasteiger partial charge < -0.3 is 11.1 Å². The Balaban J connectivity index is 1.92. The summed E-state index contributed by atoms with van der Waals surface area (Å²) in [5.41, 5.74) is 9.48. The van der Waals surface area contributed by atoms with Gasteiger partial charge in [0.1, 0.15) is 11.9 Å². The molecule has 1 aliphatic heterocycles. The van der Waals surface area contributed by atoms with Gasteiger partial charge in [-0.2, -0.15) is 5.26 Å². The molecule has 3 N–H and O–H groups in total. The van der Waals surface area contributed by atoms with Crippen LogP contribution in [0.2, 0.25) is 0 Å². The van der Waals surface area contributed by atoms with Crippen molar-refractivity contribution in [3.05, 3.63) is 64.1 Å². The number of rotatable bonds is 1. The second-order valence-electron chi connectivity index (χ2n) is 5.30. The van der Waals surface area contributed by atoms with E-state index in [9.17, 15) is 5.26 Å². The van der Waals surface area contributed by atoms with E-state index in [-0.39, 0.29) is 6.04 Å². The molecule has 5 nitrogen and oxygen atoms in total. The minimum atomic E-state index is -0.308. The maximum absolute atomic E-state index is 9.61. The van der Waals surface area contributed by atoms with E-state index in [4.69, 9.17) is 5.73 Å². The van der Waals surface area contributed by atoms with E-state index in [1.807, 2.05) is 48.5 Å². The van der Waals surface area contributed by atoms with Crippen molar-refractivity contribution in [3.63, 3.8) is 0 Å². The van der Waals surface area contributed by atoms with Crippen molar-refractivity contribution in [3.8, 4) is 6.07 Å². The highest BCUT2D eigenvalue weighted by atomic mass is 79.9. The quantitative estimate of drug-likeness (QED) is 0.690. The third kappa shape index (κ3) is 2.09. The van der Waals surface area contributed by atoms with E-state index in [2.05, 4.69) is 32.3 Å². The van der Waals surface area contributed by atoms with Crippen molar-refractivity contribution >= 4 is 38.7 Å². The van der Waals surface area contributed by atoms with Gasteiger partial charge in [0.05, 0.1) is 22.6 Å². The van der Waals surface area contributed by atoms with Crippen LogP contribution in [0.15, 0.2) is 58.6 Å². The molecule has 0 bridgehead atoms. The van der Waals surface area contributed by atoms with Gasteiger partial charge in [-0.05, 0) is 29.8 Å². The van der Waals surface area contributed by atoms with Gasteiger partial charge in [0.2, 0.25) is 5.95 Å². The molecule has 4 rings (SSSR count). The van der Waals surface area contributed by atoms with Crippen molar-refractivity contribution in [2.24, 2.45) is 5.73 Å². The smallest absolute Gasteiger partial charge is 0.210 e. The van der Waals surface area contributed by atoms with Gasteiger partial charge in [0.15, 0.2) is 0 Å². The fourth-order valence-corrected chi connectivity index (χ4v) is 3.13. The van der Waals surface area contributed by atoms with E-state index in [1.165, 1.54) is 0 Å². The molecule has 0 saturated carbocycles. The molecule has 2 heterocycles. The second kappa shape index (κ2) is 5.14. The van der Waals surface area contributed by atoms with Crippen LogP contribution < -0.4 is 11.1 Å². The zero-order valence-corrected chi connectivity index (χ0v) is 13.6. The van der Waals surface area contributed by atoms with Gasteiger partial charge in [-0.15, -0.1) is 0 Å². The van der Waals surface area contributed by atoms with Crippen molar-refractivity contribution in [1.82, 2.24) is 9.55 Å². The molecule has 6 heteroatoms. The summed E-state index contributed by atoms with van der Waals surface area (Å²) in [5, 5.41) is 12.9. The lowest BCUT2D eigenvalue weighted by Gasteiger charge is -2.26. The summed E-state index contributed by atoms with van der Waals surface area (Å²) in [6, 6.07) is 17.5. The van der Waals surface area contributed by atoms with Crippen molar-refractivity contribution < 1.29 is 0 Å². The van der Waals surface area contributed by atoms with E-state index < -0.39 is 0 Å². The number of nitrogens with zero attached hydrogens (tertiary/aromatic N) is 3. The number of imidazole rings is 1. The third-order valence-electron chi connectivity index (χ3n) is 3.96.